The van der Waals surface area contributed by atoms with Gasteiger partial charge in [-0.3, -0.25) is 4.72 Å². The zero-order valence-electron chi connectivity index (χ0n) is 11.3. The number of halogens is 1. The maximum atomic E-state index is 12.5. The molecule has 0 spiro atoms. The number of rotatable bonds is 5. The molecule has 0 aliphatic heterocycles. The number of nitrogens with two attached hydrogens (primary N) is 1. The van der Waals surface area contributed by atoms with Crippen LogP contribution in [0.25, 0.3) is 0 Å². The minimum Gasteiger partial charge on any atom is -0.495 e. The van der Waals surface area contributed by atoms with E-state index >= 15 is 0 Å². The van der Waals surface area contributed by atoms with Crippen LogP contribution in [0.4, 0.5) is 5.69 Å². The minimum absolute atomic E-state index is 0.0656. The fourth-order valence-corrected chi connectivity index (χ4v) is 3.33. The van der Waals surface area contributed by atoms with Gasteiger partial charge in [0.1, 0.15) is 10.6 Å². The van der Waals surface area contributed by atoms with Crippen molar-refractivity contribution in [1.29, 1.82) is 0 Å². The summed E-state index contributed by atoms with van der Waals surface area (Å²) in [5.41, 5.74) is 6.75. The van der Waals surface area contributed by atoms with Crippen LogP contribution < -0.4 is 15.2 Å². The number of methoxy groups -OCH3 is 1. The zero-order valence-corrected chi connectivity index (χ0v) is 13.7. The van der Waals surface area contributed by atoms with Crippen molar-refractivity contribution in [1.82, 2.24) is 0 Å². The van der Waals surface area contributed by atoms with Gasteiger partial charge in [0.25, 0.3) is 10.0 Å². The molecule has 2 rings (SSSR count). The van der Waals surface area contributed by atoms with Gasteiger partial charge >= 0.3 is 0 Å². The first-order valence-corrected chi connectivity index (χ1v) is 8.39. The first-order valence-electron chi connectivity index (χ1n) is 6.11. The van der Waals surface area contributed by atoms with Crippen molar-refractivity contribution in [3.63, 3.8) is 0 Å². The van der Waals surface area contributed by atoms with E-state index in [0.717, 1.165) is 4.47 Å². The summed E-state index contributed by atoms with van der Waals surface area (Å²) >= 11 is 3.30. The second kappa shape index (κ2) is 6.46. The van der Waals surface area contributed by atoms with Gasteiger partial charge in [0, 0.05) is 16.7 Å². The molecule has 0 aliphatic carbocycles. The molecule has 0 heterocycles. The van der Waals surface area contributed by atoms with Crippen molar-refractivity contribution in [2.75, 3.05) is 11.8 Å². The molecule has 0 unspecified atom stereocenters. The average Bonchev–Trinajstić information content (AvgIpc) is 2.48. The SMILES string of the molecule is COc1ccc(CN)cc1S(=O)(=O)Nc1ccc(Br)cc1. The van der Waals surface area contributed by atoms with Gasteiger partial charge in [0.15, 0.2) is 0 Å². The highest BCUT2D eigenvalue weighted by Crippen LogP contribution is 2.27. The van der Waals surface area contributed by atoms with E-state index in [2.05, 4.69) is 20.7 Å². The summed E-state index contributed by atoms with van der Waals surface area (Å²) in [6.45, 7) is 0.255. The molecule has 0 fully saturated rings. The topological polar surface area (TPSA) is 81.4 Å². The second-order valence-corrected chi connectivity index (χ2v) is 6.87. The molecular weight excluding hydrogens is 356 g/mol. The summed E-state index contributed by atoms with van der Waals surface area (Å²) in [5, 5.41) is 0. The lowest BCUT2D eigenvalue weighted by Gasteiger charge is -2.12. The van der Waals surface area contributed by atoms with Crippen LogP contribution >= 0.6 is 15.9 Å². The van der Waals surface area contributed by atoms with Crippen LogP contribution in [-0.4, -0.2) is 15.5 Å². The monoisotopic (exact) mass is 370 g/mol. The quantitative estimate of drug-likeness (QED) is 0.847. The molecule has 3 N–H and O–H groups in total. The van der Waals surface area contributed by atoms with Crippen LogP contribution in [0.3, 0.4) is 0 Å². The van der Waals surface area contributed by atoms with Gasteiger partial charge in [-0.1, -0.05) is 22.0 Å². The molecule has 2 aromatic carbocycles. The van der Waals surface area contributed by atoms with Gasteiger partial charge in [-0.15, -0.1) is 0 Å². The summed E-state index contributed by atoms with van der Waals surface area (Å²) < 4.78 is 33.5. The van der Waals surface area contributed by atoms with E-state index < -0.39 is 10.0 Å². The van der Waals surface area contributed by atoms with Crippen LogP contribution in [0.1, 0.15) is 5.56 Å². The Morgan fingerprint density at radius 3 is 2.43 bits per heavy atom. The predicted molar refractivity (Wildman–Crippen MR) is 85.8 cm³/mol. The Bertz CT molecular complexity index is 730. The third kappa shape index (κ3) is 3.75. The molecule has 5 nitrogen and oxygen atoms in total. The number of hydrogen-bond donors (Lipinski definition) is 2. The van der Waals surface area contributed by atoms with Crippen molar-refractivity contribution in [3.05, 3.63) is 52.5 Å². The summed E-state index contributed by atoms with van der Waals surface area (Å²) in [7, 11) is -2.32. The first-order chi connectivity index (χ1) is 9.96. The maximum absolute atomic E-state index is 12.5. The Morgan fingerprint density at radius 2 is 1.86 bits per heavy atom. The second-order valence-electron chi connectivity index (χ2n) is 4.30. The standard InChI is InChI=1S/C14H15BrN2O3S/c1-20-13-7-2-10(9-16)8-14(13)21(18,19)17-12-5-3-11(15)4-6-12/h2-8,17H,9,16H2,1H3. The van der Waals surface area contributed by atoms with Crippen molar-refractivity contribution in [2.24, 2.45) is 5.73 Å². The minimum atomic E-state index is -3.75. The summed E-state index contributed by atoms with van der Waals surface area (Å²) in [6, 6.07) is 11.7. The number of hydrogen-bond acceptors (Lipinski definition) is 4. The largest absolute Gasteiger partial charge is 0.495 e. The molecule has 112 valence electrons. The van der Waals surface area contributed by atoms with Crippen molar-refractivity contribution < 1.29 is 13.2 Å². The summed E-state index contributed by atoms with van der Waals surface area (Å²) in [5.74, 6) is 0.275. The lowest BCUT2D eigenvalue weighted by molar-refractivity contribution is 0.402. The van der Waals surface area contributed by atoms with Gasteiger partial charge in [-0.05, 0) is 42.0 Å². The molecule has 2 aromatic rings. The number of sulfonamides is 1. The number of anilines is 1. The highest BCUT2D eigenvalue weighted by atomic mass is 79.9. The third-order valence-electron chi connectivity index (χ3n) is 2.85. The van der Waals surface area contributed by atoms with Gasteiger partial charge in [0.05, 0.1) is 7.11 Å². The van der Waals surface area contributed by atoms with Crippen LogP contribution in [0.5, 0.6) is 5.75 Å². The Morgan fingerprint density at radius 1 is 1.19 bits per heavy atom. The molecule has 7 heteroatoms. The molecular formula is C14H15BrN2O3S. The van der Waals surface area contributed by atoms with E-state index in [4.69, 9.17) is 10.5 Å². The van der Waals surface area contributed by atoms with Crippen LogP contribution in [0.15, 0.2) is 51.8 Å². The molecule has 0 aromatic heterocycles. The molecule has 0 bridgehead atoms. The van der Waals surface area contributed by atoms with Crippen LogP contribution in [-0.2, 0) is 16.6 Å². The van der Waals surface area contributed by atoms with Crippen LogP contribution in [0.2, 0.25) is 0 Å². The zero-order chi connectivity index (χ0) is 15.5. The van der Waals surface area contributed by atoms with E-state index in [-0.39, 0.29) is 17.2 Å². The van der Waals surface area contributed by atoms with E-state index in [1.807, 2.05) is 0 Å². The normalized spacial score (nSPS) is 11.2. The fraction of sp³-hybridized carbons (Fsp3) is 0.143. The summed E-state index contributed by atoms with van der Waals surface area (Å²) in [4.78, 5) is 0.0656. The maximum Gasteiger partial charge on any atom is 0.265 e. The van der Waals surface area contributed by atoms with Crippen molar-refractivity contribution >= 4 is 31.6 Å². The molecule has 0 radical (unpaired) electrons. The smallest absolute Gasteiger partial charge is 0.265 e. The lowest BCUT2D eigenvalue weighted by Crippen LogP contribution is -2.14. The van der Waals surface area contributed by atoms with E-state index in [1.165, 1.54) is 13.2 Å². The van der Waals surface area contributed by atoms with E-state index in [0.29, 0.717) is 11.3 Å². The molecule has 0 aliphatic rings. The molecule has 21 heavy (non-hydrogen) atoms. The van der Waals surface area contributed by atoms with Crippen molar-refractivity contribution in [2.45, 2.75) is 11.4 Å². The molecule has 0 atom stereocenters. The predicted octanol–water partition coefficient (Wildman–Crippen LogP) is 2.72. The van der Waals surface area contributed by atoms with Crippen molar-refractivity contribution in [3.8, 4) is 5.75 Å². The van der Waals surface area contributed by atoms with Crippen LogP contribution in [0, 0.1) is 0 Å². The van der Waals surface area contributed by atoms with Gasteiger partial charge in [0.2, 0.25) is 0 Å². The Hall–Kier alpha value is -1.57. The fourth-order valence-electron chi connectivity index (χ4n) is 1.79. The molecule has 0 saturated carbocycles. The van der Waals surface area contributed by atoms with Gasteiger partial charge in [-0.2, -0.15) is 0 Å². The Labute approximate surface area is 132 Å². The number of nitrogens with one attached hydrogen (secondary N) is 1. The Balaban J connectivity index is 2.41. The highest BCUT2D eigenvalue weighted by molar-refractivity contribution is 9.10. The average molecular weight is 371 g/mol. The number of benzene rings is 2. The van der Waals surface area contributed by atoms with E-state index in [1.54, 1.807) is 36.4 Å². The highest BCUT2D eigenvalue weighted by Gasteiger charge is 2.20. The lowest BCUT2D eigenvalue weighted by atomic mass is 10.2. The first kappa shape index (κ1) is 15.8. The molecule has 0 amide bonds. The third-order valence-corrected chi connectivity index (χ3v) is 4.78. The number of ether oxygens (including phenoxy) is 1. The Kier molecular flexibility index (Phi) is 4.87. The summed E-state index contributed by atoms with van der Waals surface area (Å²) in [6.07, 6.45) is 0. The van der Waals surface area contributed by atoms with Gasteiger partial charge < -0.3 is 10.5 Å². The molecule has 0 saturated heterocycles. The van der Waals surface area contributed by atoms with Gasteiger partial charge in [-0.25, -0.2) is 8.42 Å². The van der Waals surface area contributed by atoms with E-state index in [9.17, 15) is 8.42 Å².